The number of anilines is 1. The van der Waals surface area contributed by atoms with Crippen LogP contribution < -0.4 is 15.8 Å². The first-order chi connectivity index (χ1) is 9.51. The number of benzene rings is 1. The number of thiazole rings is 1. The van der Waals surface area contributed by atoms with Crippen LogP contribution in [0.25, 0.3) is 0 Å². The summed E-state index contributed by atoms with van der Waals surface area (Å²) in [5, 5.41) is 4.31. The van der Waals surface area contributed by atoms with Crippen LogP contribution in [0.5, 0.6) is 5.75 Å². The Bertz CT molecular complexity index is 637. The molecule has 1 amide bonds. The zero-order valence-electron chi connectivity index (χ0n) is 11.7. The molecule has 0 atom stereocenters. The molecule has 2 aromatic rings. The third-order valence-electron chi connectivity index (χ3n) is 2.92. The van der Waals surface area contributed by atoms with E-state index < -0.39 is 5.91 Å². The number of aromatic nitrogens is 1. The zero-order valence-corrected chi connectivity index (χ0v) is 12.5. The molecule has 0 saturated heterocycles. The van der Waals surface area contributed by atoms with Crippen LogP contribution in [-0.2, 0) is 6.54 Å². The third kappa shape index (κ3) is 3.08. The molecular formula is C14H17N3O2S. The molecule has 0 saturated carbocycles. The van der Waals surface area contributed by atoms with Gasteiger partial charge in [-0.3, -0.25) is 4.79 Å². The van der Waals surface area contributed by atoms with Gasteiger partial charge in [0.05, 0.1) is 30.0 Å². The predicted molar refractivity (Wildman–Crippen MR) is 80.4 cm³/mol. The number of nitrogens with two attached hydrogens (primary N) is 1. The fraction of sp³-hybridized carbons (Fsp3) is 0.286. The number of rotatable bonds is 5. The van der Waals surface area contributed by atoms with Gasteiger partial charge >= 0.3 is 0 Å². The van der Waals surface area contributed by atoms with Gasteiger partial charge < -0.3 is 15.8 Å². The van der Waals surface area contributed by atoms with Crippen LogP contribution in [0.3, 0.4) is 0 Å². The van der Waals surface area contributed by atoms with Crippen molar-refractivity contribution >= 4 is 22.9 Å². The zero-order chi connectivity index (χ0) is 14.7. The van der Waals surface area contributed by atoms with Crippen molar-refractivity contribution in [3.05, 3.63) is 39.3 Å². The fourth-order valence-electron chi connectivity index (χ4n) is 1.91. The summed E-state index contributed by atoms with van der Waals surface area (Å²) in [6, 6.07) is 5.08. The summed E-state index contributed by atoms with van der Waals surface area (Å²) >= 11 is 1.65. The predicted octanol–water partition coefficient (Wildman–Crippen LogP) is 2.48. The number of nitrogens with zero attached hydrogens (tertiary/aromatic N) is 1. The van der Waals surface area contributed by atoms with Crippen LogP contribution in [-0.4, -0.2) is 18.0 Å². The Kier molecular flexibility index (Phi) is 4.24. The van der Waals surface area contributed by atoms with Crippen LogP contribution in [0.15, 0.2) is 18.2 Å². The van der Waals surface area contributed by atoms with Crippen LogP contribution in [0.2, 0.25) is 0 Å². The lowest BCUT2D eigenvalue weighted by Gasteiger charge is -2.11. The van der Waals surface area contributed by atoms with Crippen molar-refractivity contribution in [2.75, 3.05) is 12.4 Å². The fourth-order valence-corrected chi connectivity index (χ4v) is 2.79. The molecule has 0 unspecified atom stereocenters. The summed E-state index contributed by atoms with van der Waals surface area (Å²) in [7, 11) is 1.59. The highest BCUT2D eigenvalue weighted by atomic mass is 32.1. The van der Waals surface area contributed by atoms with Gasteiger partial charge in [-0.1, -0.05) is 0 Å². The summed E-state index contributed by atoms with van der Waals surface area (Å²) < 4.78 is 5.28. The van der Waals surface area contributed by atoms with Gasteiger partial charge in [-0.15, -0.1) is 11.3 Å². The van der Waals surface area contributed by atoms with E-state index in [1.807, 2.05) is 13.8 Å². The Morgan fingerprint density at radius 2 is 2.20 bits per heavy atom. The molecule has 0 fully saturated rings. The molecular weight excluding hydrogens is 274 g/mol. The number of amides is 1. The number of ether oxygens (including phenoxy) is 1. The number of carbonyl (C=O) groups excluding carboxylic acids is 1. The maximum atomic E-state index is 11.2. The third-order valence-corrected chi connectivity index (χ3v) is 4.00. The van der Waals surface area contributed by atoms with Gasteiger partial charge in [0.2, 0.25) is 5.91 Å². The number of nitrogens with one attached hydrogen (secondary N) is 1. The highest BCUT2D eigenvalue weighted by molar-refractivity contribution is 7.11. The highest BCUT2D eigenvalue weighted by Gasteiger charge is 2.09. The van der Waals surface area contributed by atoms with Crippen LogP contribution >= 0.6 is 11.3 Å². The first-order valence-electron chi connectivity index (χ1n) is 6.16. The second kappa shape index (κ2) is 5.92. The first-order valence-corrected chi connectivity index (χ1v) is 6.97. The van der Waals surface area contributed by atoms with E-state index in [1.165, 1.54) is 0 Å². The Labute approximate surface area is 121 Å². The second-order valence-corrected chi connectivity index (χ2v) is 5.66. The number of methoxy groups -OCH3 is 1. The van der Waals surface area contributed by atoms with Crippen molar-refractivity contribution in [1.29, 1.82) is 0 Å². The highest BCUT2D eigenvalue weighted by Crippen LogP contribution is 2.27. The number of carbonyl (C=O) groups is 1. The molecule has 6 heteroatoms. The standard InChI is InChI=1S/C14H17N3O2S/c1-8-13(20-9(2)17-8)7-16-11-6-10(14(15)18)4-5-12(11)19-3/h4-6,16H,7H2,1-3H3,(H2,15,18). The maximum Gasteiger partial charge on any atom is 0.248 e. The topological polar surface area (TPSA) is 77.2 Å². The summed E-state index contributed by atoms with van der Waals surface area (Å²) in [6.45, 7) is 4.60. The van der Waals surface area contributed by atoms with Crippen LogP contribution in [0.4, 0.5) is 5.69 Å². The lowest BCUT2D eigenvalue weighted by molar-refractivity contribution is 0.100. The van der Waals surface area contributed by atoms with Gasteiger partial charge in [-0.2, -0.15) is 0 Å². The molecule has 1 aromatic heterocycles. The van der Waals surface area contributed by atoms with E-state index in [0.717, 1.165) is 21.3 Å². The van der Waals surface area contributed by atoms with Gasteiger partial charge in [0.25, 0.3) is 0 Å². The van der Waals surface area contributed by atoms with Crippen molar-refractivity contribution in [2.45, 2.75) is 20.4 Å². The van der Waals surface area contributed by atoms with E-state index in [4.69, 9.17) is 10.5 Å². The van der Waals surface area contributed by atoms with E-state index in [2.05, 4.69) is 10.3 Å². The smallest absolute Gasteiger partial charge is 0.248 e. The van der Waals surface area contributed by atoms with E-state index in [-0.39, 0.29) is 0 Å². The summed E-state index contributed by atoms with van der Waals surface area (Å²) in [6.07, 6.45) is 0. The molecule has 0 radical (unpaired) electrons. The van der Waals surface area contributed by atoms with Gasteiger partial charge in [-0.05, 0) is 32.0 Å². The summed E-state index contributed by atoms with van der Waals surface area (Å²) in [4.78, 5) is 16.8. The minimum absolute atomic E-state index is 0.450. The molecule has 0 spiro atoms. The normalized spacial score (nSPS) is 10.3. The van der Waals surface area contributed by atoms with Crippen molar-refractivity contribution in [1.82, 2.24) is 4.98 Å². The lowest BCUT2D eigenvalue weighted by Crippen LogP contribution is -2.11. The largest absolute Gasteiger partial charge is 0.495 e. The molecule has 2 rings (SSSR count). The Balaban J connectivity index is 2.21. The number of primary amides is 1. The number of hydrogen-bond donors (Lipinski definition) is 2. The summed E-state index contributed by atoms with van der Waals surface area (Å²) in [5.41, 5.74) is 7.51. The Morgan fingerprint density at radius 3 is 2.75 bits per heavy atom. The van der Waals surface area contributed by atoms with E-state index in [9.17, 15) is 4.79 Å². The number of hydrogen-bond acceptors (Lipinski definition) is 5. The Morgan fingerprint density at radius 1 is 1.45 bits per heavy atom. The van der Waals surface area contributed by atoms with E-state index >= 15 is 0 Å². The number of aryl methyl sites for hydroxylation is 2. The Hall–Kier alpha value is -2.08. The van der Waals surface area contributed by atoms with Crippen molar-refractivity contribution in [3.63, 3.8) is 0 Å². The molecule has 1 heterocycles. The average Bonchev–Trinajstić information content (AvgIpc) is 2.74. The molecule has 3 N–H and O–H groups in total. The second-order valence-electron chi connectivity index (χ2n) is 4.37. The van der Waals surface area contributed by atoms with E-state index in [1.54, 1.807) is 36.6 Å². The lowest BCUT2D eigenvalue weighted by atomic mass is 10.1. The van der Waals surface area contributed by atoms with Gasteiger partial charge in [0.15, 0.2) is 0 Å². The minimum atomic E-state index is -0.458. The van der Waals surface area contributed by atoms with Gasteiger partial charge in [-0.25, -0.2) is 4.98 Å². The maximum absolute atomic E-state index is 11.2. The molecule has 5 nitrogen and oxygen atoms in total. The molecule has 0 aliphatic heterocycles. The molecule has 1 aromatic carbocycles. The van der Waals surface area contributed by atoms with Crippen molar-refractivity contribution in [3.8, 4) is 5.75 Å². The SMILES string of the molecule is COc1ccc(C(N)=O)cc1NCc1sc(C)nc1C. The monoisotopic (exact) mass is 291 g/mol. The average molecular weight is 291 g/mol. The molecule has 106 valence electrons. The van der Waals surface area contributed by atoms with E-state index in [0.29, 0.717) is 17.9 Å². The minimum Gasteiger partial charge on any atom is -0.495 e. The molecule has 0 bridgehead atoms. The van der Waals surface area contributed by atoms with Gasteiger partial charge in [0, 0.05) is 10.4 Å². The van der Waals surface area contributed by atoms with Crippen molar-refractivity contribution < 1.29 is 9.53 Å². The quantitative estimate of drug-likeness (QED) is 0.887. The van der Waals surface area contributed by atoms with Crippen LogP contribution in [0, 0.1) is 13.8 Å². The molecule has 20 heavy (non-hydrogen) atoms. The molecule has 0 aliphatic rings. The van der Waals surface area contributed by atoms with Gasteiger partial charge in [0.1, 0.15) is 5.75 Å². The first kappa shape index (κ1) is 14.3. The van der Waals surface area contributed by atoms with Crippen molar-refractivity contribution in [2.24, 2.45) is 5.73 Å². The molecule has 0 aliphatic carbocycles. The van der Waals surface area contributed by atoms with Crippen LogP contribution in [0.1, 0.15) is 25.9 Å². The summed E-state index contributed by atoms with van der Waals surface area (Å²) in [5.74, 6) is 0.217.